The summed E-state index contributed by atoms with van der Waals surface area (Å²) in [4.78, 5) is 0. The third-order valence-electron chi connectivity index (χ3n) is 4.77. The molecule has 2 aromatic carbocycles. The lowest BCUT2D eigenvalue weighted by atomic mass is 9.79. The van der Waals surface area contributed by atoms with Crippen LogP contribution in [0.25, 0.3) is 0 Å². The fourth-order valence-corrected chi connectivity index (χ4v) is 3.60. The molecule has 0 saturated heterocycles. The molecule has 0 saturated carbocycles. The molecule has 22 heavy (non-hydrogen) atoms. The van der Waals surface area contributed by atoms with E-state index >= 15 is 0 Å². The maximum atomic E-state index is 13.7. The smallest absolute Gasteiger partial charge is 0.123 e. The SMILES string of the molecule is C[C@H]1c2cc(F)ccc2Cc2ccccc2[C@H]1C[C@H](O)CO. The van der Waals surface area contributed by atoms with Crippen molar-refractivity contribution in [2.45, 2.75) is 37.7 Å². The van der Waals surface area contributed by atoms with Crippen LogP contribution in [0.3, 0.4) is 0 Å². The Balaban J connectivity index is 2.11. The minimum Gasteiger partial charge on any atom is -0.394 e. The van der Waals surface area contributed by atoms with Gasteiger partial charge < -0.3 is 10.2 Å². The molecule has 116 valence electrons. The van der Waals surface area contributed by atoms with Crippen molar-refractivity contribution >= 4 is 0 Å². The number of aliphatic hydroxyl groups is 2. The van der Waals surface area contributed by atoms with Gasteiger partial charge in [0.1, 0.15) is 5.82 Å². The zero-order valence-electron chi connectivity index (χ0n) is 12.7. The van der Waals surface area contributed by atoms with E-state index in [9.17, 15) is 14.6 Å². The van der Waals surface area contributed by atoms with E-state index in [1.165, 1.54) is 17.2 Å². The average molecular weight is 300 g/mol. The van der Waals surface area contributed by atoms with Gasteiger partial charge in [-0.3, -0.25) is 0 Å². The Labute approximate surface area is 130 Å². The molecule has 0 radical (unpaired) electrons. The lowest BCUT2D eigenvalue weighted by molar-refractivity contribution is 0.0801. The molecule has 1 aliphatic rings. The molecular formula is C19H21FO2. The first-order chi connectivity index (χ1) is 10.6. The minimum atomic E-state index is -0.754. The van der Waals surface area contributed by atoms with E-state index in [1.54, 1.807) is 6.07 Å². The summed E-state index contributed by atoms with van der Waals surface area (Å²) >= 11 is 0. The van der Waals surface area contributed by atoms with Crippen molar-refractivity contribution < 1.29 is 14.6 Å². The predicted octanol–water partition coefficient (Wildman–Crippen LogP) is 3.36. The molecule has 0 aromatic heterocycles. The molecule has 1 aliphatic carbocycles. The van der Waals surface area contributed by atoms with E-state index in [4.69, 9.17) is 0 Å². The average Bonchev–Trinajstić information content (AvgIpc) is 2.64. The van der Waals surface area contributed by atoms with Crippen molar-refractivity contribution in [2.75, 3.05) is 6.61 Å². The van der Waals surface area contributed by atoms with Crippen LogP contribution in [0.5, 0.6) is 0 Å². The number of halogens is 1. The van der Waals surface area contributed by atoms with Gasteiger partial charge >= 0.3 is 0 Å². The minimum absolute atomic E-state index is 0.0707. The van der Waals surface area contributed by atoms with Crippen LogP contribution in [-0.2, 0) is 6.42 Å². The molecule has 0 aliphatic heterocycles. The first-order valence-corrected chi connectivity index (χ1v) is 7.75. The predicted molar refractivity (Wildman–Crippen MR) is 84.5 cm³/mol. The van der Waals surface area contributed by atoms with Crippen LogP contribution >= 0.6 is 0 Å². The highest BCUT2D eigenvalue weighted by atomic mass is 19.1. The maximum Gasteiger partial charge on any atom is 0.123 e. The van der Waals surface area contributed by atoms with Gasteiger partial charge in [-0.05, 0) is 59.1 Å². The third-order valence-corrected chi connectivity index (χ3v) is 4.77. The highest BCUT2D eigenvalue weighted by molar-refractivity contribution is 5.45. The molecule has 2 nitrogen and oxygen atoms in total. The van der Waals surface area contributed by atoms with E-state index < -0.39 is 6.10 Å². The molecule has 0 unspecified atom stereocenters. The first kappa shape index (κ1) is 15.2. The highest BCUT2D eigenvalue weighted by Gasteiger charge is 2.30. The van der Waals surface area contributed by atoms with E-state index in [1.807, 2.05) is 18.2 Å². The Morgan fingerprint density at radius 2 is 1.86 bits per heavy atom. The molecule has 3 atom stereocenters. The van der Waals surface area contributed by atoms with E-state index in [0.717, 1.165) is 17.5 Å². The second kappa shape index (κ2) is 6.19. The first-order valence-electron chi connectivity index (χ1n) is 7.75. The molecule has 0 bridgehead atoms. The number of hydrogen-bond donors (Lipinski definition) is 2. The van der Waals surface area contributed by atoms with Crippen molar-refractivity contribution in [2.24, 2.45) is 0 Å². The second-order valence-corrected chi connectivity index (χ2v) is 6.19. The summed E-state index contributed by atoms with van der Waals surface area (Å²) in [5.74, 6) is -0.0602. The number of aliphatic hydroxyl groups excluding tert-OH is 2. The van der Waals surface area contributed by atoms with Gasteiger partial charge in [-0.1, -0.05) is 37.3 Å². The van der Waals surface area contributed by atoms with E-state index in [2.05, 4.69) is 19.1 Å². The summed E-state index contributed by atoms with van der Waals surface area (Å²) in [6.07, 6.45) is 0.502. The van der Waals surface area contributed by atoms with Gasteiger partial charge in [0.25, 0.3) is 0 Å². The van der Waals surface area contributed by atoms with Gasteiger partial charge in [0, 0.05) is 0 Å². The third kappa shape index (κ3) is 2.79. The molecule has 0 spiro atoms. The van der Waals surface area contributed by atoms with Crippen LogP contribution in [0, 0.1) is 5.82 Å². The van der Waals surface area contributed by atoms with E-state index in [0.29, 0.717) is 6.42 Å². The summed E-state index contributed by atoms with van der Waals surface area (Å²) in [5.41, 5.74) is 4.56. The summed E-state index contributed by atoms with van der Waals surface area (Å²) in [6.45, 7) is 1.83. The van der Waals surface area contributed by atoms with E-state index in [-0.39, 0.29) is 24.3 Å². The molecule has 3 heteroatoms. The van der Waals surface area contributed by atoms with Crippen LogP contribution < -0.4 is 0 Å². The topological polar surface area (TPSA) is 40.5 Å². The van der Waals surface area contributed by atoms with Gasteiger partial charge in [-0.2, -0.15) is 0 Å². The summed E-state index contributed by atoms with van der Waals surface area (Å²) in [5, 5.41) is 19.1. The zero-order chi connectivity index (χ0) is 15.7. The zero-order valence-corrected chi connectivity index (χ0v) is 12.7. The van der Waals surface area contributed by atoms with Gasteiger partial charge in [0.15, 0.2) is 0 Å². The molecule has 0 fully saturated rings. The van der Waals surface area contributed by atoms with Crippen LogP contribution in [0.15, 0.2) is 42.5 Å². The Morgan fingerprint density at radius 3 is 2.64 bits per heavy atom. The molecule has 0 heterocycles. The van der Waals surface area contributed by atoms with Gasteiger partial charge in [-0.15, -0.1) is 0 Å². The lowest BCUT2D eigenvalue weighted by Crippen LogP contribution is -2.20. The highest BCUT2D eigenvalue weighted by Crippen LogP contribution is 2.42. The molecular weight excluding hydrogens is 279 g/mol. The monoisotopic (exact) mass is 300 g/mol. The van der Waals surface area contributed by atoms with Crippen LogP contribution in [0.1, 0.15) is 47.4 Å². The van der Waals surface area contributed by atoms with Gasteiger partial charge in [-0.25, -0.2) is 4.39 Å². The molecule has 2 aromatic rings. The van der Waals surface area contributed by atoms with Crippen molar-refractivity contribution in [3.05, 3.63) is 70.5 Å². The Morgan fingerprint density at radius 1 is 1.14 bits per heavy atom. The van der Waals surface area contributed by atoms with Crippen molar-refractivity contribution in [3.8, 4) is 0 Å². The number of fused-ring (bicyclic) bond motifs is 2. The van der Waals surface area contributed by atoms with Gasteiger partial charge in [0.05, 0.1) is 12.7 Å². The molecule has 3 rings (SSSR count). The van der Waals surface area contributed by atoms with Crippen LogP contribution in [-0.4, -0.2) is 22.9 Å². The molecule has 2 N–H and O–H groups in total. The standard InChI is InChI=1S/C19H21FO2/c1-12-18-9-15(20)7-6-14(18)8-13-4-2-3-5-17(13)19(12)10-16(22)11-21/h2-7,9,12,16,19,21-22H,8,10-11H2,1H3/t12-,16-,19-/m0/s1. The summed E-state index contributed by atoms with van der Waals surface area (Å²) in [6, 6.07) is 13.2. The Bertz CT molecular complexity index is 668. The van der Waals surface area contributed by atoms with Crippen LogP contribution in [0.2, 0.25) is 0 Å². The van der Waals surface area contributed by atoms with Gasteiger partial charge in [0.2, 0.25) is 0 Å². The Kier molecular flexibility index (Phi) is 4.27. The maximum absolute atomic E-state index is 13.7. The summed E-state index contributed by atoms with van der Waals surface area (Å²) < 4.78 is 13.7. The normalized spacial score (nSPS) is 21.6. The Hall–Kier alpha value is -1.71. The number of rotatable bonds is 3. The number of benzene rings is 2. The van der Waals surface area contributed by atoms with Crippen molar-refractivity contribution in [3.63, 3.8) is 0 Å². The summed E-state index contributed by atoms with van der Waals surface area (Å²) in [7, 11) is 0. The van der Waals surface area contributed by atoms with Crippen LogP contribution in [0.4, 0.5) is 4.39 Å². The number of hydrogen-bond acceptors (Lipinski definition) is 2. The quantitative estimate of drug-likeness (QED) is 0.912. The fraction of sp³-hybridized carbons (Fsp3) is 0.368. The van der Waals surface area contributed by atoms with Crippen molar-refractivity contribution in [1.29, 1.82) is 0 Å². The van der Waals surface area contributed by atoms with Crippen molar-refractivity contribution in [1.82, 2.24) is 0 Å². The molecule has 0 amide bonds. The second-order valence-electron chi connectivity index (χ2n) is 6.19. The lowest BCUT2D eigenvalue weighted by Gasteiger charge is -2.26. The fourth-order valence-electron chi connectivity index (χ4n) is 3.60. The largest absolute Gasteiger partial charge is 0.394 e.